The van der Waals surface area contributed by atoms with Crippen LogP contribution in [0.15, 0.2) is 0 Å². The van der Waals surface area contributed by atoms with Crippen molar-refractivity contribution >= 4 is 0 Å². The van der Waals surface area contributed by atoms with E-state index in [1.54, 1.807) is 6.42 Å². The fourth-order valence-corrected chi connectivity index (χ4v) is 4.02. The zero-order valence-electron chi connectivity index (χ0n) is 11.7. The van der Waals surface area contributed by atoms with E-state index in [1.165, 1.54) is 51.4 Å². The average molecular weight is 244 g/mol. The third-order valence-electron chi connectivity index (χ3n) is 4.76. The topological polar surface area (TPSA) is 63.0 Å². The molecule has 0 aromatic carbocycles. The molecule has 0 aromatic heterocycles. The highest BCUT2D eigenvalue weighted by atomic mass is 16.0. The molecular weight excluding hydrogens is 212 g/mol. The molecule has 104 valence electrons. The largest absolute Gasteiger partial charge is 0.412 e. The maximum atomic E-state index is 2.45. The Morgan fingerprint density at radius 2 is 1.12 bits per heavy atom. The SMILES string of the molecule is CC1CCCC(CC2CCCC(C)C2)C1.O.O. The Morgan fingerprint density at radius 3 is 1.47 bits per heavy atom. The van der Waals surface area contributed by atoms with Gasteiger partial charge in [-0.3, -0.25) is 0 Å². The van der Waals surface area contributed by atoms with Gasteiger partial charge in [-0.2, -0.15) is 0 Å². The third kappa shape index (κ3) is 5.39. The lowest BCUT2D eigenvalue weighted by Gasteiger charge is -2.33. The van der Waals surface area contributed by atoms with Gasteiger partial charge in [-0.05, 0) is 42.9 Å². The number of hydrogen-bond acceptors (Lipinski definition) is 0. The summed E-state index contributed by atoms with van der Waals surface area (Å²) in [6, 6.07) is 0. The highest BCUT2D eigenvalue weighted by molar-refractivity contribution is 4.77. The monoisotopic (exact) mass is 244 g/mol. The van der Waals surface area contributed by atoms with Crippen molar-refractivity contribution in [3.05, 3.63) is 0 Å². The van der Waals surface area contributed by atoms with Crippen LogP contribution in [-0.2, 0) is 0 Å². The predicted octanol–water partition coefficient (Wildman–Crippen LogP) is 3.38. The first-order valence-electron chi connectivity index (χ1n) is 7.24. The van der Waals surface area contributed by atoms with E-state index >= 15 is 0 Å². The Bertz CT molecular complexity index is 173. The standard InChI is InChI=1S/C15H28.2H2O/c1-12-5-3-7-14(9-12)11-15-8-4-6-13(2)10-15;;/h12-15H,3-11H2,1-2H3;2*1H2. The molecule has 0 bridgehead atoms. The molecule has 0 spiro atoms. The molecule has 0 aliphatic heterocycles. The molecular formula is C15H32O2. The molecule has 2 saturated carbocycles. The fraction of sp³-hybridized carbons (Fsp3) is 1.00. The van der Waals surface area contributed by atoms with Crippen LogP contribution in [-0.4, -0.2) is 11.0 Å². The summed E-state index contributed by atoms with van der Waals surface area (Å²) in [5.41, 5.74) is 0. The van der Waals surface area contributed by atoms with Gasteiger partial charge in [0.2, 0.25) is 0 Å². The van der Waals surface area contributed by atoms with Crippen LogP contribution in [0.25, 0.3) is 0 Å². The lowest BCUT2D eigenvalue weighted by molar-refractivity contribution is 0.191. The molecule has 2 nitrogen and oxygen atoms in total. The van der Waals surface area contributed by atoms with Gasteiger partial charge in [0.25, 0.3) is 0 Å². The summed E-state index contributed by atoms with van der Waals surface area (Å²) in [6.07, 6.45) is 13.7. The normalized spacial score (nSPS) is 37.8. The van der Waals surface area contributed by atoms with Crippen LogP contribution in [0.2, 0.25) is 0 Å². The van der Waals surface area contributed by atoms with Crippen LogP contribution >= 0.6 is 0 Å². The van der Waals surface area contributed by atoms with Gasteiger partial charge in [-0.1, -0.05) is 52.4 Å². The molecule has 4 N–H and O–H groups in total. The van der Waals surface area contributed by atoms with Gasteiger partial charge in [0.05, 0.1) is 0 Å². The first-order chi connectivity index (χ1) is 7.24. The zero-order valence-corrected chi connectivity index (χ0v) is 11.7. The van der Waals surface area contributed by atoms with Crippen molar-refractivity contribution in [1.82, 2.24) is 0 Å². The van der Waals surface area contributed by atoms with Gasteiger partial charge in [-0.15, -0.1) is 0 Å². The fourth-order valence-electron chi connectivity index (χ4n) is 4.02. The van der Waals surface area contributed by atoms with Crippen molar-refractivity contribution in [3.8, 4) is 0 Å². The second kappa shape index (κ2) is 8.10. The first kappa shape index (κ1) is 16.9. The van der Waals surface area contributed by atoms with Gasteiger partial charge in [-0.25, -0.2) is 0 Å². The van der Waals surface area contributed by atoms with E-state index in [0.29, 0.717) is 0 Å². The highest BCUT2D eigenvalue weighted by Gasteiger charge is 2.25. The van der Waals surface area contributed by atoms with Crippen molar-refractivity contribution in [2.45, 2.75) is 71.6 Å². The Morgan fingerprint density at radius 1 is 0.706 bits per heavy atom. The van der Waals surface area contributed by atoms with Gasteiger partial charge >= 0.3 is 0 Å². The quantitative estimate of drug-likeness (QED) is 0.715. The number of hydrogen-bond donors (Lipinski definition) is 0. The Kier molecular flexibility index (Phi) is 8.06. The van der Waals surface area contributed by atoms with Crippen LogP contribution in [0.1, 0.15) is 71.6 Å². The van der Waals surface area contributed by atoms with Crippen LogP contribution in [0.3, 0.4) is 0 Å². The Balaban J connectivity index is 0.00000128. The summed E-state index contributed by atoms with van der Waals surface area (Å²) in [5.74, 6) is 4.21. The minimum Gasteiger partial charge on any atom is -0.412 e. The molecule has 0 radical (unpaired) electrons. The first-order valence-corrected chi connectivity index (χ1v) is 7.24. The van der Waals surface area contributed by atoms with Crippen molar-refractivity contribution in [3.63, 3.8) is 0 Å². The van der Waals surface area contributed by atoms with Crippen molar-refractivity contribution in [2.24, 2.45) is 23.7 Å². The summed E-state index contributed by atoms with van der Waals surface area (Å²) in [6.45, 7) is 4.91. The van der Waals surface area contributed by atoms with Gasteiger partial charge in [0.1, 0.15) is 0 Å². The van der Waals surface area contributed by atoms with E-state index in [0.717, 1.165) is 23.7 Å². The van der Waals surface area contributed by atoms with Crippen molar-refractivity contribution < 1.29 is 11.0 Å². The zero-order chi connectivity index (χ0) is 10.7. The second-order valence-corrected chi connectivity index (χ2v) is 6.51. The average Bonchev–Trinajstić information content (AvgIpc) is 2.17. The molecule has 4 atom stereocenters. The van der Waals surface area contributed by atoms with E-state index in [-0.39, 0.29) is 11.0 Å². The van der Waals surface area contributed by atoms with E-state index in [1.807, 2.05) is 0 Å². The smallest absolute Gasteiger partial charge is 0.0409 e. The van der Waals surface area contributed by atoms with E-state index < -0.39 is 0 Å². The molecule has 2 fully saturated rings. The molecule has 17 heavy (non-hydrogen) atoms. The van der Waals surface area contributed by atoms with Gasteiger partial charge in [0.15, 0.2) is 0 Å². The predicted molar refractivity (Wildman–Crippen MR) is 74.1 cm³/mol. The molecule has 0 amide bonds. The Hall–Kier alpha value is -0.0800. The lowest BCUT2D eigenvalue weighted by Crippen LogP contribution is -2.20. The minimum atomic E-state index is 0. The molecule has 2 rings (SSSR count). The van der Waals surface area contributed by atoms with Crippen LogP contribution in [0, 0.1) is 23.7 Å². The summed E-state index contributed by atoms with van der Waals surface area (Å²) in [7, 11) is 0. The maximum Gasteiger partial charge on any atom is -0.0409 e. The maximum absolute atomic E-state index is 2.45. The second-order valence-electron chi connectivity index (χ2n) is 6.51. The van der Waals surface area contributed by atoms with Crippen LogP contribution in [0.4, 0.5) is 0 Å². The lowest BCUT2D eigenvalue weighted by atomic mass is 9.73. The van der Waals surface area contributed by atoms with Crippen LogP contribution in [0.5, 0.6) is 0 Å². The summed E-state index contributed by atoms with van der Waals surface area (Å²) in [5, 5.41) is 0. The van der Waals surface area contributed by atoms with E-state index in [4.69, 9.17) is 0 Å². The highest BCUT2D eigenvalue weighted by Crippen LogP contribution is 2.38. The minimum absolute atomic E-state index is 0. The molecule has 2 aliphatic rings. The van der Waals surface area contributed by atoms with E-state index in [9.17, 15) is 0 Å². The third-order valence-corrected chi connectivity index (χ3v) is 4.76. The van der Waals surface area contributed by atoms with E-state index in [2.05, 4.69) is 13.8 Å². The van der Waals surface area contributed by atoms with Crippen LogP contribution < -0.4 is 0 Å². The Labute approximate surface area is 107 Å². The van der Waals surface area contributed by atoms with Crippen molar-refractivity contribution in [2.75, 3.05) is 0 Å². The molecule has 2 aliphatic carbocycles. The molecule has 0 heterocycles. The van der Waals surface area contributed by atoms with Gasteiger partial charge in [0, 0.05) is 0 Å². The molecule has 2 heteroatoms. The van der Waals surface area contributed by atoms with Crippen molar-refractivity contribution in [1.29, 1.82) is 0 Å². The summed E-state index contributed by atoms with van der Waals surface area (Å²) < 4.78 is 0. The summed E-state index contributed by atoms with van der Waals surface area (Å²) >= 11 is 0. The summed E-state index contributed by atoms with van der Waals surface area (Å²) in [4.78, 5) is 0. The molecule has 4 unspecified atom stereocenters. The van der Waals surface area contributed by atoms with Gasteiger partial charge < -0.3 is 11.0 Å². The molecule has 0 aromatic rings. The number of rotatable bonds is 2. The molecule has 0 saturated heterocycles.